The molecule has 0 spiro atoms. The summed E-state index contributed by atoms with van der Waals surface area (Å²) in [7, 11) is 5.90. The van der Waals surface area contributed by atoms with Crippen molar-refractivity contribution in [1.82, 2.24) is 15.5 Å². The summed E-state index contributed by atoms with van der Waals surface area (Å²) in [5.41, 5.74) is 1.25. The Morgan fingerprint density at radius 3 is 2.58 bits per heavy atom. The minimum absolute atomic E-state index is 0.235. The van der Waals surface area contributed by atoms with Crippen LogP contribution in [0.15, 0.2) is 29.3 Å². The van der Waals surface area contributed by atoms with E-state index < -0.39 is 0 Å². The van der Waals surface area contributed by atoms with Gasteiger partial charge in [0.25, 0.3) is 0 Å². The van der Waals surface area contributed by atoms with Crippen LogP contribution in [0.1, 0.15) is 37.8 Å². The summed E-state index contributed by atoms with van der Waals surface area (Å²) < 4.78 is 5.27. The standard InChI is InChI=1S/C20H34N4OS/c1-6-21-20(23-16-9-12-18(13-16)26-5)22-14-19(24(2)3)15-7-10-17(25-4)11-8-15/h7-8,10-11,16,18-19H,6,9,12-14H2,1-5H3,(H2,21,22,23). The first kappa shape index (κ1) is 20.9. The second kappa shape index (κ2) is 10.7. The van der Waals surface area contributed by atoms with Crippen molar-refractivity contribution in [3.8, 4) is 5.75 Å². The summed E-state index contributed by atoms with van der Waals surface area (Å²) in [5.74, 6) is 1.81. The van der Waals surface area contributed by atoms with Crippen LogP contribution in [0.3, 0.4) is 0 Å². The van der Waals surface area contributed by atoms with Crippen LogP contribution >= 0.6 is 11.8 Å². The number of hydrogen-bond acceptors (Lipinski definition) is 4. The molecule has 5 nitrogen and oxygen atoms in total. The summed E-state index contributed by atoms with van der Waals surface area (Å²) >= 11 is 1.98. The molecule has 1 aliphatic rings. The molecule has 0 aliphatic heterocycles. The first-order valence-corrected chi connectivity index (χ1v) is 10.7. The summed E-state index contributed by atoms with van der Waals surface area (Å²) in [6, 6.07) is 9.04. The molecule has 1 aromatic carbocycles. The molecule has 0 aromatic heterocycles. The van der Waals surface area contributed by atoms with Gasteiger partial charge < -0.3 is 20.3 Å². The molecule has 0 bridgehead atoms. The lowest BCUT2D eigenvalue weighted by molar-refractivity contribution is 0.306. The molecular weight excluding hydrogens is 344 g/mol. The first-order chi connectivity index (χ1) is 12.6. The lowest BCUT2D eigenvalue weighted by Crippen LogP contribution is -2.43. The Morgan fingerprint density at radius 1 is 1.31 bits per heavy atom. The lowest BCUT2D eigenvalue weighted by atomic mass is 10.1. The number of hydrogen-bond donors (Lipinski definition) is 2. The topological polar surface area (TPSA) is 48.9 Å². The number of nitrogens with zero attached hydrogens (tertiary/aromatic N) is 2. The summed E-state index contributed by atoms with van der Waals surface area (Å²) in [6.07, 6.45) is 5.96. The summed E-state index contributed by atoms with van der Waals surface area (Å²) in [5, 5.41) is 7.81. The fourth-order valence-electron chi connectivity index (χ4n) is 3.37. The minimum Gasteiger partial charge on any atom is -0.497 e. The molecule has 146 valence electrons. The van der Waals surface area contributed by atoms with Gasteiger partial charge in [0, 0.05) is 17.8 Å². The molecule has 3 atom stereocenters. The fraction of sp³-hybridized carbons (Fsp3) is 0.650. The number of benzene rings is 1. The molecule has 1 fully saturated rings. The fourth-order valence-corrected chi connectivity index (χ4v) is 4.17. The molecule has 3 unspecified atom stereocenters. The molecule has 0 radical (unpaired) electrons. The second-order valence-corrected chi connectivity index (χ2v) is 8.12. The van der Waals surface area contributed by atoms with Crippen molar-refractivity contribution in [2.45, 2.75) is 43.5 Å². The maximum absolute atomic E-state index is 5.27. The minimum atomic E-state index is 0.235. The molecular formula is C20H34N4OS. The van der Waals surface area contributed by atoms with Crippen LogP contribution in [-0.4, -0.2) is 62.7 Å². The summed E-state index contributed by atoms with van der Waals surface area (Å²) in [6.45, 7) is 3.70. The number of aliphatic imine (C=N–C) groups is 1. The zero-order valence-corrected chi connectivity index (χ0v) is 17.6. The van der Waals surface area contributed by atoms with E-state index in [0.717, 1.165) is 23.5 Å². The van der Waals surface area contributed by atoms with Crippen molar-refractivity contribution in [3.05, 3.63) is 29.8 Å². The van der Waals surface area contributed by atoms with Crippen molar-refractivity contribution in [1.29, 1.82) is 0 Å². The van der Waals surface area contributed by atoms with Gasteiger partial charge in [-0.05, 0) is 64.2 Å². The summed E-state index contributed by atoms with van der Waals surface area (Å²) in [4.78, 5) is 7.10. The Hall–Kier alpha value is -1.40. The number of thioether (sulfide) groups is 1. The Labute approximate surface area is 163 Å². The van der Waals surface area contributed by atoms with Gasteiger partial charge in [-0.25, -0.2) is 0 Å². The van der Waals surface area contributed by atoms with E-state index in [2.05, 4.69) is 54.9 Å². The third-order valence-corrected chi connectivity index (χ3v) is 6.04. The van der Waals surface area contributed by atoms with Crippen LogP contribution in [0.25, 0.3) is 0 Å². The van der Waals surface area contributed by atoms with Crippen molar-refractivity contribution in [2.24, 2.45) is 4.99 Å². The molecule has 1 aliphatic carbocycles. The van der Waals surface area contributed by atoms with Crippen LogP contribution in [-0.2, 0) is 0 Å². The average molecular weight is 379 g/mol. The SMILES string of the molecule is CCNC(=NCC(c1ccc(OC)cc1)N(C)C)NC1CCC(SC)C1. The van der Waals surface area contributed by atoms with E-state index in [4.69, 9.17) is 9.73 Å². The Balaban J connectivity index is 2.03. The van der Waals surface area contributed by atoms with E-state index in [1.54, 1.807) is 7.11 Å². The molecule has 6 heteroatoms. The van der Waals surface area contributed by atoms with Gasteiger partial charge >= 0.3 is 0 Å². The first-order valence-electron chi connectivity index (χ1n) is 9.45. The molecule has 0 saturated heterocycles. The molecule has 1 saturated carbocycles. The van der Waals surface area contributed by atoms with Gasteiger partial charge in [0.05, 0.1) is 19.7 Å². The lowest BCUT2D eigenvalue weighted by Gasteiger charge is -2.24. The van der Waals surface area contributed by atoms with E-state index in [-0.39, 0.29) is 6.04 Å². The number of methoxy groups -OCH3 is 1. The third-order valence-electron chi connectivity index (χ3n) is 4.95. The van der Waals surface area contributed by atoms with Gasteiger partial charge in [0.2, 0.25) is 0 Å². The van der Waals surface area contributed by atoms with Crippen LogP contribution in [0, 0.1) is 0 Å². The molecule has 1 aromatic rings. The van der Waals surface area contributed by atoms with E-state index in [0.29, 0.717) is 12.6 Å². The highest BCUT2D eigenvalue weighted by Gasteiger charge is 2.24. The zero-order chi connectivity index (χ0) is 18.9. The predicted molar refractivity (Wildman–Crippen MR) is 113 cm³/mol. The van der Waals surface area contributed by atoms with Gasteiger partial charge in [-0.1, -0.05) is 12.1 Å². The molecule has 2 rings (SSSR count). The molecule has 0 heterocycles. The largest absolute Gasteiger partial charge is 0.497 e. The number of likely N-dealkylation sites (N-methyl/N-ethyl adjacent to an activating group) is 1. The van der Waals surface area contributed by atoms with Crippen molar-refractivity contribution in [3.63, 3.8) is 0 Å². The number of rotatable bonds is 8. The van der Waals surface area contributed by atoms with Crippen molar-refractivity contribution < 1.29 is 4.74 Å². The van der Waals surface area contributed by atoms with E-state index in [1.165, 1.54) is 24.8 Å². The maximum atomic E-state index is 5.27. The van der Waals surface area contributed by atoms with Gasteiger partial charge in [-0.2, -0.15) is 11.8 Å². The smallest absolute Gasteiger partial charge is 0.191 e. The Bertz CT molecular complexity index is 561. The monoisotopic (exact) mass is 378 g/mol. The van der Waals surface area contributed by atoms with Crippen molar-refractivity contribution in [2.75, 3.05) is 40.6 Å². The van der Waals surface area contributed by atoms with Crippen LogP contribution < -0.4 is 15.4 Å². The van der Waals surface area contributed by atoms with Crippen molar-refractivity contribution >= 4 is 17.7 Å². The molecule has 2 N–H and O–H groups in total. The van der Waals surface area contributed by atoms with E-state index in [1.807, 2.05) is 23.9 Å². The average Bonchev–Trinajstić information content (AvgIpc) is 3.10. The predicted octanol–water partition coefficient (Wildman–Crippen LogP) is 3.14. The van der Waals surface area contributed by atoms with Gasteiger partial charge in [-0.3, -0.25) is 4.99 Å². The van der Waals surface area contributed by atoms with E-state index >= 15 is 0 Å². The highest BCUT2D eigenvalue weighted by molar-refractivity contribution is 7.99. The van der Waals surface area contributed by atoms with Gasteiger partial charge in [0.1, 0.15) is 5.75 Å². The van der Waals surface area contributed by atoms with Crippen LogP contribution in [0.2, 0.25) is 0 Å². The molecule has 0 amide bonds. The Morgan fingerprint density at radius 2 is 2.04 bits per heavy atom. The van der Waals surface area contributed by atoms with Gasteiger partial charge in [0.15, 0.2) is 5.96 Å². The maximum Gasteiger partial charge on any atom is 0.191 e. The van der Waals surface area contributed by atoms with Crippen LogP contribution in [0.5, 0.6) is 5.75 Å². The number of ether oxygens (including phenoxy) is 1. The quantitative estimate of drug-likeness (QED) is 0.538. The molecule has 26 heavy (non-hydrogen) atoms. The highest BCUT2D eigenvalue weighted by Crippen LogP contribution is 2.28. The van der Waals surface area contributed by atoms with E-state index in [9.17, 15) is 0 Å². The zero-order valence-electron chi connectivity index (χ0n) is 16.8. The highest BCUT2D eigenvalue weighted by atomic mass is 32.2. The third kappa shape index (κ3) is 6.09. The Kier molecular flexibility index (Phi) is 8.59. The second-order valence-electron chi connectivity index (χ2n) is 6.98. The number of nitrogens with one attached hydrogen (secondary N) is 2. The van der Waals surface area contributed by atoms with Gasteiger partial charge in [-0.15, -0.1) is 0 Å². The number of guanidine groups is 1. The van der Waals surface area contributed by atoms with Crippen LogP contribution in [0.4, 0.5) is 0 Å². The normalized spacial score (nSPS) is 21.7.